The molecule has 1 fully saturated rings. The summed E-state index contributed by atoms with van der Waals surface area (Å²) in [5, 5.41) is 0. The molecule has 0 aromatic heterocycles. The van der Waals surface area contributed by atoms with Gasteiger partial charge in [0.25, 0.3) is 0 Å². The van der Waals surface area contributed by atoms with E-state index in [9.17, 15) is 0 Å². The van der Waals surface area contributed by atoms with Crippen molar-refractivity contribution in [2.24, 2.45) is 5.73 Å². The summed E-state index contributed by atoms with van der Waals surface area (Å²) in [6.07, 6.45) is 5.96. The van der Waals surface area contributed by atoms with Crippen molar-refractivity contribution in [3.8, 4) is 5.75 Å². The molecule has 1 aliphatic heterocycles. The van der Waals surface area contributed by atoms with Gasteiger partial charge in [-0.05, 0) is 72.4 Å². The van der Waals surface area contributed by atoms with Gasteiger partial charge in [0.05, 0.1) is 4.47 Å². The number of rotatable bonds is 7. The first-order valence-corrected chi connectivity index (χ1v) is 8.87. The van der Waals surface area contributed by atoms with E-state index in [1.54, 1.807) is 0 Å². The lowest BCUT2D eigenvalue weighted by Gasteiger charge is -2.26. The summed E-state index contributed by atoms with van der Waals surface area (Å²) < 4.78 is 6.94. The van der Waals surface area contributed by atoms with E-state index in [0.29, 0.717) is 0 Å². The van der Waals surface area contributed by atoms with Crippen molar-refractivity contribution in [2.45, 2.75) is 45.1 Å². The van der Waals surface area contributed by atoms with Crippen LogP contribution in [0.1, 0.15) is 38.2 Å². The molecular formula is C17H27BrN2O. The Morgan fingerprint density at radius 3 is 2.71 bits per heavy atom. The molecule has 1 heterocycles. The van der Waals surface area contributed by atoms with Crippen LogP contribution in [-0.4, -0.2) is 37.2 Å². The van der Waals surface area contributed by atoms with Crippen LogP contribution in [0.15, 0.2) is 22.7 Å². The number of nitrogens with two attached hydrogens (primary N) is 1. The molecule has 1 aromatic carbocycles. The van der Waals surface area contributed by atoms with Gasteiger partial charge in [-0.3, -0.25) is 4.90 Å². The van der Waals surface area contributed by atoms with Crippen molar-refractivity contribution in [1.29, 1.82) is 0 Å². The van der Waals surface area contributed by atoms with Gasteiger partial charge in [0.15, 0.2) is 0 Å². The second-order valence-corrected chi connectivity index (χ2v) is 6.74. The van der Waals surface area contributed by atoms with Crippen LogP contribution in [0.4, 0.5) is 0 Å². The van der Waals surface area contributed by atoms with Crippen LogP contribution in [0, 0.1) is 0 Å². The Morgan fingerprint density at radius 1 is 1.29 bits per heavy atom. The van der Waals surface area contributed by atoms with Crippen LogP contribution in [0.25, 0.3) is 0 Å². The first kappa shape index (κ1) is 16.8. The van der Waals surface area contributed by atoms with E-state index in [4.69, 9.17) is 10.5 Å². The Bertz CT molecular complexity index is 433. The van der Waals surface area contributed by atoms with Gasteiger partial charge < -0.3 is 10.5 Å². The molecule has 2 rings (SSSR count). The molecule has 1 aliphatic rings. The number of likely N-dealkylation sites (tertiary alicyclic amines) is 1. The quantitative estimate of drug-likeness (QED) is 0.812. The normalized spacial score (nSPS) is 17.7. The molecule has 0 radical (unpaired) electrons. The number of nitrogens with zero attached hydrogens (tertiary/aromatic N) is 1. The van der Waals surface area contributed by atoms with Crippen LogP contribution < -0.4 is 10.5 Å². The van der Waals surface area contributed by atoms with Crippen LogP contribution in [0.3, 0.4) is 0 Å². The average Bonchev–Trinajstić information content (AvgIpc) is 2.50. The molecule has 1 aromatic rings. The largest absolute Gasteiger partial charge is 0.491 e. The zero-order chi connectivity index (χ0) is 15.1. The van der Waals surface area contributed by atoms with Crippen molar-refractivity contribution < 1.29 is 4.74 Å². The molecular weight excluding hydrogens is 328 g/mol. The Morgan fingerprint density at radius 2 is 2.05 bits per heavy atom. The summed E-state index contributed by atoms with van der Waals surface area (Å²) in [4.78, 5) is 2.49. The van der Waals surface area contributed by atoms with Gasteiger partial charge in [0.1, 0.15) is 12.4 Å². The number of ether oxygens (including phenoxy) is 1. The second-order valence-electron chi connectivity index (χ2n) is 5.89. The van der Waals surface area contributed by atoms with Crippen LogP contribution >= 0.6 is 15.9 Å². The van der Waals surface area contributed by atoms with Gasteiger partial charge in [-0.15, -0.1) is 0 Å². The SMILES string of the molecule is CCC(N)Cc1ccc(OCCN2CCCCC2)c(Br)c1. The predicted octanol–water partition coefficient (Wildman–Crippen LogP) is 3.59. The number of benzene rings is 1. The maximum atomic E-state index is 6.00. The standard InChI is InChI=1S/C17H27BrN2O/c1-2-15(19)12-14-6-7-17(16(18)13-14)21-11-10-20-8-4-3-5-9-20/h6-7,13,15H,2-5,8-12,19H2,1H3. The number of halogens is 1. The molecule has 2 N–H and O–H groups in total. The predicted molar refractivity (Wildman–Crippen MR) is 91.9 cm³/mol. The Hall–Kier alpha value is -0.580. The lowest BCUT2D eigenvalue weighted by Crippen LogP contribution is -2.33. The van der Waals surface area contributed by atoms with Crippen molar-refractivity contribution in [3.63, 3.8) is 0 Å². The van der Waals surface area contributed by atoms with E-state index < -0.39 is 0 Å². The highest BCUT2D eigenvalue weighted by atomic mass is 79.9. The van der Waals surface area contributed by atoms with E-state index in [1.807, 2.05) is 0 Å². The molecule has 1 atom stereocenters. The fourth-order valence-electron chi connectivity index (χ4n) is 2.70. The Balaban J connectivity index is 1.80. The summed E-state index contributed by atoms with van der Waals surface area (Å²) >= 11 is 3.61. The van der Waals surface area contributed by atoms with Crippen molar-refractivity contribution in [3.05, 3.63) is 28.2 Å². The zero-order valence-corrected chi connectivity index (χ0v) is 14.6. The highest BCUT2D eigenvalue weighted by Crippen LogP contribution is 2.26. The van der Waals surface area contributed by atoms with Gasteiger partial charge in [0, 0.05) is 12.6 Å². The van der Waals surface area contributed by atoms with E-state index >= 15 is 0 Å². The van der Waals surface area contributed by atoms with Gasteiger partial charge in [0.2, 0.25) is 0 Å². The monoisotopic (exact) mass is 354 g/mol. The fraction of sp³-hybridized carbons (Fsp3) is 0.647. The highest BCUT2D eigenvalue weighted by molar-refractivity contribution is 9.10. The van der Waals surface area contributed by atoms with Gasteiger partial charge in [-0.2, -0.15) is 0 Å². The van der Waals surface area contributed by atoms with Gasteiger partial charge >= 0.3 is 0 Å². The molecule has 0 amide bonds. The van der Waals surface area contributed by atoms with Crippen molar-refractivity contribution in [2.75, 3.05) is 26.2 Å². The van der Waals surface area contributed by atoms with Gasteiger partial charge in [-0.25, -0.2) is 0 Å². The third-order valence-electron chi connectivity index (χ3n) is 4.13. The minimum Gasteiger partial charge on any atom is -0.491 e. The van der Waals surface area contributed by atoms with Crippen LogP contribution in [-0.2, 0) is 6.42 Å². The molecule has 0 bridgehead atoms. The molecule has 0 saturated carbocycles. The lowest BCUT2D eigenvalue weighted by molar-refractivity contribution is 0.183. The topological polar surface area (TPSA) is 38.5 Å². The molecule has 4 heteroatoms. The third-order valence-corrected chi connectivity index (χ3v) is 4.75. The summed E-state index contributed by atoms with van der Waals surface area (Å²) in [7, 11) is 0. The van der Waals surface area contributed by atoms with Crippen molar-refractivity contribution >= 4 is 15.9 Å². The van der Waals surface area contributed by atoms with E-state index in [-0.39, 0.29) is 6.04 Å². The zero-order valence-electron chi connectivity index (χ0n) is 13.0. The molecule has 0 spiro atoms. The summed E-state index contributed by atoms with van der Waals surface area (Å²) in [6, 6.07) is 6.54. The smallest absolute Gasteiger partial charge is 0.133 e. The summed E-state index contributed by atoms with van der Waals surface area (Å²) in [5.74, 6) is 0.931. The summed E-state index contributed by atoms with van der Waals surface area (Å²) in [6.45, 7) is 6.34. The maximum Gasteiger partial charge on any atom is 0.133 e. The molecule has 1 saturated heterocycles. The van der Waals surface area contributed by atoms with E-state index in [1.165, 1.54) is 37.9 Å². The average molecular weight is 355 g/mol. The van der Waals surface area contributed by atoms with Gasteiger partial charge in [-0.1, -0.05) is 19.4 Å². The molecule has 21 heavy (non-hydrogen) atoms. The van der Waals surface area contributed by atoms with Crippen LogP contribution in [0.2, 0.25) is 0 Å². The maximum absolute atomic E-state index is 6.00. The number of hydrogen-bond donors (Lipinski definition) is 1. The lowest BCUT2D eigenvalue weighted by atomic mass is 10.0. The number of piperidine rings is 1. The molecule has 3 nitrogen and oxygen atoms in total. The number of hydrogen-bond acceptors (Lipinski definition) is 3. The third kappa shape index (κ3) is 5.61. The van der Waals surface area contributed by atoms with Crippen LogP contribution in [0.5, 0.6) is 5.75 Å². The first-order chi connectivity index (χ1) is 10.2. The van der Waals surface area contributed by atoms with E-state index in [0.717, 1.165) is 36.2 Å². The first-order valence-electron chi connectivity index (χ1n) is 8.08. The fourth-order valence-corrected chi connectivity index (χ4v) is 3.24. The second kappa shape index (κ2) is 8.76. The molecule has 118 valence electrons. The Kier molecular flexibility index (Phi) is 7.00. The molecule has 0 aliphatic carbocycles. The molecule has 1 unspecified atom stereocenters. The van der Waals surface area contributed by atoms with E-state index in [2.05, 4.69) is 46.0 Å². The minimum absolute atomic E-state index is 0.239. The summed E-state index contributed by atoms with van der Waals surface area (Å²) in [5.41, 5.74) is 7.27. The minimum atomic E-state index is 0.239. The Labute approximate surface area is 137 Å². The van der Waals surface area contributed by atoms with Crippen molar-refractivity contribution in [1.82, 2.24) is 4.90 Å². The highest BCUT2D eigenvalue weighted by Gasteiger charge is 2.10.